The van der Waals surface area contributed by atoms with Gasteiger partial charge in [0.2, 0.25) is 0 Å². The van der Waals surface area contributed by atoms with Crippen molar-refractivity contribution in [3.63, 3.8) is 0 Å². The normalized spacial score (nSPS) is 23.7. The molecule has 2 rings (SSSR count). The first-order chi connectivity index (χ1) is 8.69. The van der Waals surface area contributed by atoms with Crippen LogP contribution in [0.15, 0.2) is 6.20 Å². The predicted octanol–water partition coefficient (Wildman–Crippen LogP) is 2.10. The van der Waals surface area contributed by atoms with Crippen molar-refractivity contribution in [2.24, 2.45) is 5.92 Å². The molecule has 0 aliphatic heterocycles. The average Bonchev–Trinajstić information content (AvgIpc) is 2.40. The number of nitrogens with zero attached hydrogens (tertiary/aromatic N) is 2. The van der Waals surface area contributed by atoms with E-state index in [9.17, 15) is 5.11 Å². The average molecular weight is 272 g/mol. The third-order valence-corrected chi connectivity index (χ3v) is 3.56. The Balaban J connectivity index is 1.89. The summed E-state index contributed by atoms with van der Waals surface area (Å²) in [5, 5.41) is 13.2. The monoisotopic (exact) mass is 271 g/mol. The highest BCUT2D eigenvalue weighted by atomic mass is 35.5. The Morgan fingerprint density at radius 2 is 2.17 bits per heavy atom. The fourth-order valence-corrected chi connectivity index (χ4v) is 2.32. The van der Waals surface area contributed by atoms with Crippen molar-refractivity contribution in [1.82, 2.24) is 9.97 Å². The highest BCUT2D eigenvalue weighted by molar-refractivity contribution is 6.32. The van der Waals surface area contributed by atoms with Crippen molar-refractivity contribution in [3.8, 4) is 6.01 Å². The van der Waals surface area contributed by atoms with Crippen molar-refractivity contribution in [2.75, 3.05) is 19.0 Å². The van der Waals surface area contributed by atoms with Gasteiger partial charge in [-0.25, -0.2) is 4.98 Å². The summed E-state index contributed by atoms with van der Waals surface area (Å²) in [7, 11) is 1.52. The van der Waals surface area contributed by atoms with Crippen LogP contribution in [0.2, 0.25) is 5.02 Å². The Morgan fingerprint density at radius 3 is 2.83 bits per heavy atom. The lowest BCUT2D eigenvalue weighted by atomic mass is 9.87. The van der Waals surface area contributed by atoms with Crippen LogP contribution < -0.4 is 10.1 Å². The Kier molecular flexibility index (Phi) is 4.60. The van der Waals surface area contributed by atoms with E-state index in [0.717, 1.165) is 32.2 Å². The van der Waals surface area contributed by atoms with Crippen molar-refractivity contribution in [2.45, 2.75) is 31.8 Å². The Bertz CT molecular complexity index is 395. The molecule has 0 unspecified atom stereocenters. The first kappa shape index (κ1) is 13.4. The Hall–Kier alpha value is -1.07. The van der Waals surface area contributed by atoms with E-state index in [2.05, 4.69) is 15.3 Å². The van der Waals surface area contributed by atoms with E-state index >= 15 is 0 Å². The molecule has 18 heavy (non-hydrogen) atoms. The van der Waals surface area contributed by atoms with Gasteiger partial charge in [-0.15, -0.1) is 0 Å². The van der Waals surface area contributed by atoms with Crippen LogP contribution in [-0.4, -0.2) is 34.8 Å². The van der Waals surface area contributed by atoms with Crippen LogP contribution in [-0.2, 0) is 0 Å². The van der Waals surface area contributed by atoms with Gasteiger partial charge in [-0.3, -0.25) is 0 Å². The lowest BCUT2D eigenvalue weighted by Crippen LogP contribution is -2.23. The van der Waals surface area contributed by atoms with Crippen LogP contribution in [0.4, 0.5) is 5.82 Å². The zero-order valence-electron chi connectivity index (χ0n) is 10.4. The van der Waals surface area contributed by atoms with Crippen molar-refractivity contribution in [3.05, 3.63) is 11.2 Å². The number of rotatable bonds is 4. The largest absolute Gasteiger partial charge is 0.467 e. The van der Waals surface area contributed by atoms with E-state index in [1.807, 2.05) is 0 Å². The minimum Gasteiger partial charge on any atom is -0.467 e. The smallest absolute Gasteiger partial charge is 0.318 e. The van der Waals surface area contributed by atoms with Crippen LogP contribution in [0, 0.1) is 5.92 Å². The molecule has 0 aromatic carbocycles. The zero-order chi connectivity index (χ0) is 13.0. The molecule has 0 bridgehead atoms. The summed E-state index contributed by atoms with van der Waals surface area (Å²) in [6.45, 7) is 0.812. The lowest BCUT2D eigenvalue weighted by Gasteiger charge is -2.25. The number of ether oxygens (including phenoxy) is 1. The molecule has 0 spiro atoms. The van der Waals surface area contributed by atoms with E-state index < -0.39 is 0 Å². The van der Waals surface area contributed by atoms with Crippen LogP contribution in [0.25, 0.3) is 0 Å². The van der Waals surface area contributed by atoms with Gasteiger partial charge in [0.1, 0.15) is 5.02 Å². The summed E-state index contributed by atoms with van der Waals surface area (Å²) in [5.41, 5.74) is 0. The number of nitrogens with one attached hydrogen (secondary N) is 1. The topological polar surface area (TPSA) is 67.3 Å². The van der Waals surface area contributed by atoms with Crippen molar-refractivity contribution < 1.29 is 9.84 Å². The van der Waals surface area contributed by atoms with E-state index in [0.29, 0.717) is 22.8 Å². The van der Waals surface area contributed by atoms with Gasteiger partial charge in [0.15, 0.2) is 5.82 Å². The van der Waals surface area contributed by atoms with E-state index in [-0.39, 0.29) is 6.10 Å². The van der Waals surface area contributed by atoms with E-state index in [4.69, 9.17) is 16.3 Å². The minimum absolute atomic E-state index is 0.121. The molecule has 6 heteroatoms. The maximum Gasteiger partial charge on any atom is 0.318 e. The van der Waals surface area contributed by atoms with Gasteiger partial charge in [-0.1, -0.05) is 11.6 Å². The first-order valence-corrected chi connectivity index (χ1v) is 6.55. The van der Waals surface area contributed by atoms with Crippen LogP contribution in [0.3, 0.4) is 0 Å². The summed E-state index contributed by atoms with van der Waals surface area (Å²) in [5.74, 6) is 1.17. The third-order valence-electron chi connectivity index (χ3n) is 3.28. The highest BCUT2D eigenvalue weighted by Crippen LogP contribution is 2.26. The maximum atomic E-state index is 9.45. The summed E-state index contributed by atoms with van der Waals surface area (Å²) < 4.78 is 4.96. The SMILES string of the molecule is COc1ncc(Cl)c(NCC2CCC(O)CC2)n1. The number of aliphatic hydroxyl groups is 1. The molecule has 0 saturated heterocycles. The standard InChI is InChI=1S/C12H18ClN3O2/c1-18-12-15-7-10(13)11(16-12)14-6-8-2-4-9(17)5-3-8/h7-9,17H,2-6H2,1H3,(H,14,15,16). The molecule has 1 aliphatic carbocycles. The first-order valence-electron chi connectivity index (χ1n) is 6.17. The third kappa shape index (κ3) is 3.46. The molecular weight excluding hydrogens is 254 g/mol. The number of methoxy groups -OCH3 is 1. The summed E-state index contributed by atoms with van der Waals surface area (Å²) in [4.78, 5) is 8.09. The highest BCUT2D eigenvalue weighted by Gasteiger charge is 2.19. The number of aliphatic hydroxyl groups excluding tert-OH is 1. The lowest BCUT2D eigenvalue weighted by molar-refractivity contribution is 0.111. The van der Waals surface area contributed by atoms with Gasteiger partial charge in [0.25, 0.3) is 0 Å². The second-order valence-electron chi connectivity index (χ2n) is 4.61. The summed E-state index contributed by atoms with van der Waals surface area (Å²) in [6.07, 6.45) is 5.24. The number of hydrogen-bond donors (Lipinski definition) is 2. The van der Waals surface area contributed by atoms with Gasteiger partial charge in [-0.2, -0.15) is 4.98 Å². The molecule has 1 heterocycles. The van der Waals surface area contributed by atoms with Gasteiger partial charge < -0.3 is 15.2 Å². The molecular formula is C12H18ClN3O2. The molecule has 5 nitrogen and oxygen atoms in total. The molecule has 0 atom stereocenters. The quantitative estimate of drug-likeness (QED) is 0.878. The van der Waals surface area contributed by atoms with Gasteiger partial charge >= 0.3 is 6.01 Å². The molecule has 1 fully saturated rings. The summed E-state index contributed by atoms with van der Waals surface area (Å²) in [6, 6.07) is 0.306. The van der Waals surface area contributed by atoms with Crippen LogP contribution in [0.5, 0.6) is 6.01 Å². The van der Waals surface area contributed by atoms with Gasteiger partial charge in [-0.05, 0) is 31.6 Å². The zero-order valence-corrected chi connectivity index (χ0v) is 11.2. The molecule has 1 aliphatic rings. The van der Waals surface area contributed by atoms with E-state index in [1.54, 1.807) is 0 Å². The minimum atomic E-state index is -0.121. The molecule has 0 radical (unpaired) electrons. The van der Waals surface area contributed by atoms with Gasteiger partial charge in [0, 0.05) is 6.54 Å². The fourth-order valence-electron chi connectivity index (χ4n) is 2.16. The summed E-state index contributed by atoms with van der Waals surface area (Å²) >= 11 is 6.01. The molecule has 1 saturated carbocycles. The van der Waals surface area contributed by atoms with Crippen LogP contribution in [0.1, 0.15) is 25.7 Å². The molecule has 1 aromatic heterocycles. The number of hydrogen-bond acceptors (Lipinski definition) is 5. The number of anilines is 1. The van der Waals surface area contributed by atoms with Crippen molar-refractivity contribution in [1.29, 1.82) is 0 Å². The number of aromatic nitrogens is 2. The molecule has 2 N–H and O–H groups in total. The molecule has 0 amide bonds. The second-order valence-corrected chi connectivity index (χ2v) is 5.02. The predicted molar refractivity (Wildman–Crippen MR) is 70.0 cm³/mol. The molecule has 1 aromatic rings. The fraction of sp³-hybridized carbons (Fsp3) is 0.667. The molecule has 100 valence electrons. The Labute approximate surface area is 112 Å². The number of halogens is 1. The second kappa shape index (κ2) is 6.20. The van der Waals surface area contributed by atoms with Crippen LogP contribution >= 0.6 is 11.6 Å². The Morgan fingerprint density at radius 1 is 1.44 bits per heavy atom. The van der Waals surface area contributed by atoms with Gasteiger partial charge in [0.05, 0.1) is 19.4 Å². The van der Waals surface area contributed by atoms with Crippen molar-refractivity contribution >= 4 is 17.4 Å². The van der Waals surface area contributed by atoms with E-state index in [1.165, 1.54) is 13.3 Å². The maximum absolute atomic E-state index is 9.45.